The highest BCUT2D eigenvalue weighted by Gasteiger charge is 2.37. The van der Waals surface area contributed by atoms with Crippen LogP contribution in [0.25, 0.3) is 0 Å². The fourth-order valence-electron chi connectivity index (χ4n) is 3.92. The Labute approximate surface area is 143 Å². The molecule has 0 radical (unpaired) electrons. The lowest BCUT2D eigenvalue weighted by molar-refractivity contribution is -0.126. The van der Waals surface area contributed by atoms with Crippen LogP contribution in [0.5, 0.6) is 0 Å². The van der Waals surface area contributed by atoms with Crippen molar-refractivity contribution in [3.8, 4) is 0 Å². The Bertz CT molecular complexity index is 502. The largest absolute Gasteiger partial charge is 0.354 e. The van der Waals surface area contributed by atoms with Gasteiger partial charge < -0.3 is 10.2 Å². The van der Waals surface area contributed by atoms with Crippen molar-refractivity contribution in [3.63, 3.8) is 0 Å². The minimum atomic E-state index is -0.0227. The molecule has 1 amide bonds. The number of nitrogens with one attached hydrogen (secondary N) is 1. The number of nitrogens with zero attached hydrogens (tertiary/aromatic N) is 2. The molecule has 1 aliphatic heterocycles. The minimum absolute atomic E-state index is 0.0227. The van der Waals surface area contributed by atoms with E-state index in [1.165, 1.54) is 30.6 Å². The van der Waals surface area contributed by atoms with Crippen molar-refractivity contribution in [3.05, 3.63) is 22.4 Å². The molecule has 4 nitrogen and oxygen atoms in total. The molecule has 128 valence electrons. The van der Waals surface area contributed by atoms with Crippen LogP contribution in [-0.2, 0) is 10.2 Å². The molecule has 23 heavy (non-hydrogen) atoms. The summed E-state index contributed by atoms with van der Waals surface area (Å²) in [5.74, 6) is 0.192. The minimum Gasteiger partial charge on any atom is -0.354 e. The molecule has 0 unspecified atom stereocenters. The summed E-state index contributed by atoms with van der Waals surface area (Å²) in [6.07, 6.45) is 4.97. The Morgan fingerprint density at radius 3 is 2.61 bits per heavy atom. The van der Waals surface area contributed by atoms with E-state index in [0.29, 0.717) is 0 Å². The van der Waals surface area contributed by atoms with Gasteiger partial charge in [-0.2, -0.15) is 0 Å². The molecule has 1 N–H and O–H groups in total. The topological polar surface area (TPSA) is 35.6 Å². The predicted molar refractivity (Wildman–Crippen MR) is 96.0 cm³/mol. The number of piperazine rings is 1. The van der Waals surface area contributed by atoms with Crippen molar-refractivity contribution in [1.29, 1.82) is 0 Å². The average molecular weight is 336 g/mol. The van der Waals surface area contributed by atoms with E-state index in [0.717, 1.165) is 32.7 Å². The Morgan fingerprint density at radius 2 is 2.00 bits per heavy atom. The molecule has 2 aliphatic rings. The number of hydrogen-bond acceptors (Lipinski definition) is 4. The van der Waals surface area contributed by atoms with Gasteiger partial charge in [0.1, 0.15) is 0 Å². The molecule has 5 heteroatoms. The lowest BCUT2D eigenvalue weighted by Gasteiger charge is -2.36. The van der Waals surface area contributed by atoms with Gasteiger partial charge in [-0.1, -0.05) is 18.9 Å². The van der Waals surface area contributed by atoms with Crippen molar-refractivity contribution in [2.45, 2.75) is 44.1 Å². The second-order valence-electron chi connectivity index (χ2n) is 7.20. The van der Waals surface area contributed by atoms with Crippen LogP contribution in [0.15, 0.2) is 17.5 Å². The van der Waals surface area contributed by atoms with Gasteiger partial charge in [-0.05, 0) is 38.3 Å². The first-order valence-electron chi connectivity index (χ1n) is 8.85. The molecule has 2 fully saturated rings. The molecule has 2 heterocycles. The summed E-state index contributed by atoms with van der Waals surface area (Å²) in [6, 6.07) is 4.35. The Hall–Kier alpha value is -0.910. The number of carbonyl (C=O) groups excluding carboxylic acids is 1. The molecular weight excluding hydrogens is 306 g/mol. The number of hydrogen-bond donors (Lipinski definition) is 1. The highest BCUT2D eigenvalue weighted by atomic mass is 32.1. The Balaban J connectivity index is 1.57. The third-order valence-electron chi connectivity index (χ3n) is 5.67. The molecule has 1 aromatic rings. The van der Waals surface area contributed by atoms with Crippen molar-refractivity contribution in [2.75, 3.05) is 39.8 Å². The number of carbonyl (C=O) groups is 1. The molecule has 1 aliphatic carbocycles. The van der Waals surface area contributed by atoms with Crippen LogP contribution < -0.4 is 5.32 Å². The second kappa shape index (κ2) is 7.32. The standard InChI is InChI=1S/C18H29N3OS/c1-15(21-11-9-20(2)10-12-21)17(22)19-14-18(7-3-4-8-18)16-6-5-13-23-16/h5-6,13,15H,3-4,7-12,14H2,1-2H3,(H,19,22)/t15-/m1/s1. The monoisotopic (exact) mass is 335 g/mol. The molecule has 1 atom stereocenters. The first-order valence-corrected chi connectivity index (χ1v) is 9.73. The number of thiophene rings is 1. The average Bonchev–Trinajstić information content (AvgIpc) is 3.24. The number of likely N-dealkylation sites (N-methyl/N-ethyl adjacent to an activating group) is 1. The maximum Gasteiger partial charge on any atom is 0.237 e. The molecule has 1 saturated heterocycles. The van der Waals surface area contributed by atoms with E-state index in [1.807, 2.05) is 18.3 Å². The number of rotatable bonds is 5. The maximum atomic E-state index is 12.6. The van der Waals surface area contributed by atoms with E-state index in [-0.39, 0.29) is 17.4 Å². The fraction of sp³-hybridized carbons (Fsp3) is 0.722. The lowest BCUT2D eigenvalue weighted by atomic mass is 9.84. The SMILES string of the molecule is C[C@H](C(=O)NCC1(c2cccs2)CCCC1)N1CCN(C)CC1. The summed E-state index contributed by atoms with van der Waals surface area (Å²) in [5, 5.41) is 5.43. The van der Waals surface area contributed by atoms with Gasteiger partial charge in [-0.3, -0.25) is 9.69 Å². The molecular formula is C18H29N3OS. The zero-order chi connectivity index (χ0) is 16.3. The van der Waals surface area contributed by atoms with Crippen LogP contribution in [0.1, 0.15) is 37.5 Å². The van der Waals surface area contributed by atoms with Crippen molar-refractivity contribution in [2.24, 2.45) is 0 Å². The summed E-state index contributed by atoms with van der Waals surface area (Å²) in [7, 11) is 2.15. The lowest BCUT2D eigenvalue weighted by Crippen LogP contribution is -2.54. The summed E-state index contributed by atoms with van der Waals surface area (Å²) >= 11 is 1.84. The van der Waals surface area contributed by atoms with Crippen molar-refractivity contribution >= 4 is 17.2 Å². The Morgan fingerprint density at radius 1 is 1.30 bits per heavy atom. The molecule has 3 rings (SSSR count). The van der Waals surface area contributed by atoms with Gasteiger partial charge in [0.15, 0.2) is 0 Å². The normalized spacial score (nSPS) is 23.7. The third kappa shape index (κ3) is 3.78. The van der Waals surface area contributed by atoms with Crippen LogP contribution in [-0.4, -0.2) is 61.5 Å². The summed E-state index contributed by atoms with van der Waals surface area (Å²) < 4.78 is 0. The van der Waals surface area contributed by atoms with Gasteiger partial charge in [0.2, 0.25) is 5.91 Å². The van der Waals surface area contributed by atoms with E-state index in [1.54, 1.807) is 0 Å². The van der Waals surface area contributed by atoms with E-state index in [2.05, 4.69) is 39.7 Å². The van der Waals surface area contributed by atoms with Crippen LogP contribution >= 0.6 is 11.3 Å². The molecule has 0 spiro atoms. The summed E-state index contributed by atoms with van der Waals surface area (Å²) in [4.78, 5) is 18.7. The predicted octanol–water partition coefficient (Wildman–Crippen LogP) is 2.31. The fourth-order valence-corrected chi connectivity index (χ4v) is 4.91. The highest BCUT2D eigenvalue weighted by Crippen LogP contribution is 2.42. The van der Waals surface area contributed by atoms with Crippen molar-refractivity contribution < 1.29 is 4.79 Å². The summed E-state index contributed by atoms with van der Waals surface area (Å²) in [6.45, 7) is 6.92. The van der Waals surface area contributed by atoms with E-state index in [9.17, 15) is 4.79 Å². The van der Waals surface area contributed by atoms with Gasteiger partial charge in [0.05, 0.1) is 6.04 Å². The first kappa shape index (κ1) is 16.9. The van der Waals surface area contributed by atoms with Crippen molar-refractivity contribution in [1.82, 2.24) is 15.1 Å². The zero-order valence-corrected chi connectivity index (χ0v) is 15.2. The zero-order valence-electron chi connectivity index (χ0n) is 14.4. The van der Waals surface area contributed by atoms with Crippen LogP contribution in [0.2, 0.25) is 0 Å². The maximum absolute atomic E-state index is 12.6. The molecule has 0 aromatic carbocycles. The van der Waals surface area contributed by atoms with Gasteiger partial charge in [-0.25, -0.2) is 0 Å². The van der Waals surface area contributed by atoms with E-state index >= 15 is 0 Å². The second-order valence-corrected chi connectivity index (χ2v) is 8.15. The highest BCUT2D eigenvalue weighted by molar-refractivity contribution is 7.10. The first-order chi connectivity index (χ1) is 11.1. The summed E-state index contributed by atoms with van der Waals surface area (Å²) in [5.41, 5.74) is 0.186. The molecule has 1 saturated carbocycles. The van der Waals surface area contributed by atoms with Crippen LogP contribution in [0, 0.1) is 0 Å². The van der Waals surface area contributed by atoms with Crippen LogP contribution in [0.4, 0.5) is 0 Å². The van der Waals surface area contributed by atoms with Gasteiger partial charge in [-0.15, -0.1) is 11.3 Å². The number of amides is 1. The smallest absolute Gasteiger partial charge is 0.237 e. The van der Waals surface area contributed by atoms with E-state index < -0.39 is 0 Å². The van der Waals surface area contributed by atoms with Gasteiger partial charge >= 0.3 is 0 Å². The molecule has 0 bridgehead atoms. The molecule has 1 aromatic heterocycles. The Kier molecular flexibility index (Phi) is 5.39. The van der Waals surface area contributed by atoms with Crippen LogP contribution in [0.3, 0.4) is 0 Å². The quantitative estimate of drug-likeness (QED) is 0.897. The van der Waals surface area contributed by atoms with E-state index in [4.69, 9.17) is 0 Å². The van der Waals surface area contributed by atoms with Gasteiger partial charge in [0, 0.05) is 43.0 Å². The van der Waals surface area contributed by atoms with Gasteiger partial charge in [0.25, 0.3) is 0 Å². The third-order valence-corrected chi connectivity index (χ3v) is 6.79.